The zero-order valence-corrected chi connectivity index (χ0v) is 9.60. The average molecular weight is 218 g/mol. The number of hydrogen-bond acceptors (Lipinski definition) is 1. The highest BCUT2D eigenvalue weighted by Crippen LogP contribution is 2.70. The monoisotopic (exact) mass is 218 g/mol. The molecule has 2 heteroatoms. The third-order valence-corrected chi connectivity index (χ3v) is 6.14. The van der Waals surface area contributed by atoms with Crippen LogP contribution >= 0.6 is 0 Å². The Hall–Kier alpha value is -0.790. The molecule has 0 amide bonds. The second-order valence-electron chi connectivity index (χ2n) is 6.63. The SMILES string of the molecule is CC1(C(=O)O)CC2CC1C1C3C=CC(C3)C21. The first-order chi connectivity index (χ1) is 7.61. The van der Waals surface area contributed by atoms with E-state index in [1.165, 1.54) is 12.8 Å². The fraction of sp³-hybridized carbons (Fsp3) is 0.786. The molecule has 4 rings (SSSR count). The van der Waals surface area contributed by atoms with Crippen LogP contribution in [-0.2, 0) is 4.79 Å². The number of fused-ring (bicyclic) bond motifs is 9. The molecule has 0 radical (unpaired) electrons. The van der Waals surface area contributed by atoms with Gasteiger partial charge in [-0.25, -0.2) is 0 Å². The van der Waals surface area contributed by atoms with Crippen LogP contribution in [0, 0.1) is 40.9 Å². The molecule has 0 aromatic carbocycles. The van der Waals surface area contributed by atoms with E-state index in [4.69, 9.17) is 0 Å². The Balaban J connectivity index is 1.76. The number of allylic oxidation sites excluding steroid dienone is 2. The van der Waals surface area contributed by atoms with E-state index in [0.717, 1.165) is 18.3 Å². The molecule has 0 aliphatic heterocycles. The first-order valence-corrected chi connectivity index (χ1v) is 6.53. The van der Waals surface area contributed by atoms with Crippen molar-refractivity contribution in [3.8, 4) is 0 Å². The van der Waals surface area contributed by atoms with Crippen molar-refractivity contribution in [3.05, 3.63) is 12.2 Å². The van der Waals surface area contributed by atoms with Crippen LogP contribution in [0.25, 0.3) is 0 Å². The molecule has 0 aromatic rings. The van der Waals surface area contributed by atoms with Crippen molar-refractivity contribution in [2.75, 3.05) is 0 Å². The fourth-order valence-corrected chi connectivity index (χ4v) is 5.62. The van der Waals surface area contributed by atoms with E-state index in [1.807, 2.05) is 6.92 Å². The second-order valence-corrected chi connectivity index (χ2v) is 6.63. The van der Waals surface area contributed by atoms with Crippen LogP contribution in [0.1, 0.15) is 26.2 Å². The zero-order chi connectivity index (χ0) is 11.1. The number of rotatable bonds is 1. The number of carboxylic acids is 1. The van der Waals surface area contributed by atoms with Gasteiger partial charge < -0.3 is 5.11 Å². The van der Waals surface area contributed by atoms with Gasteiger partial charge in [-0.15, -0.1) is 0 Å². The van der Waals surface area contributed by atoms with Crippen molar-refractivity contribution >= 4 is 5.97 Å². The van der Waals surface area contributed by atoms with Crippen LogP contribution in [0.4, 0.5) is 0 Å². The summed E-state index contributed by atoms with van der Waals surface area (Å²) in [5.74, 6) is 3.66. The highest BCUT2D eigenvalue weighted by atomic mass is 16.4. The highest BCUT2D eigenvalue weighted by Gasteiger charge is 2.66. The maximum Gasteiger partial charge on any atom is 0.309 e. The predicted octanol–water partition coefficient (Wildman–Crippen LogP) is 2.56. The number of aliphatic carboxylic acids is 1. The fourth-order valence-electron chi connectivity index (χ4n) is 5.62. The molecule has 1 N–H and O–H groups in total. The number of carbonyl (C=O) groups is 1. The summed E-state index contributed by atoms with van der Waals surface area (Å²) in [6.45, 7) is 1.99. The molecular formula is C14H18O2. The first-order valence-electron chi connectivity index (χ1n) is 6.53. The van der Waals surface area contributed by atoms with Crippen LogP contribution in [0.5, 0.6) is 0 Å². The molecule has 16 heavy (non-hydrogen) atoms. The molecule has 3 fully saturated rings. The summed E-state index contributed by atoms with van der Waals surface area (Å²) in [6.07, 6.45) is 8.22. The van der Waals surface area contributed by atoms with Gasteiger partial charge in [0.25, 0.3) is 0 Å². The van der Waals surface area contributed by atoms with Gasteiger partial charge in [-0.2, -0.15) is 0 Å². The van der Waals surface area contributed by atoms with Gasteiger partial charge in [-0.3, -0.25) is 4.79 Å². The van der Waals surface area contributed by atoms with Crippen LogP contribution in [-0.4, -0.2) is 11.1 Å². The maximum absolute atomic E-state index is 11.5. The molecule has 0 aromatic heterocycles. The molecule has 4 aliphatic carbocycles. The van der Waals surface area contributed by atoms with Crippen molar-refractivity contribution < 1.29 is 9.90 Å². The largest absolute Gasteiger partial charge is 0.481 e. The number of hydrogen-bond donors (Lipinski definition) is 1. The minimum absolute atomic E-state index is 0.413. The second kappa shape index (κ2) is 2.55. The summed E-state index contributed by atoms with van der Waals surface area (Å²) in [7, 11) is 0. The minimum Gasteiger partial charge on any atom is -0.481 e. The van der Waals surface area contributed by atoms with Gasteiger partial charge in [0.05, 0.1) is 5.41 Å². The van der Waals surface area contributed by atoms with E-state index < -0.39 is 11.4 Å². The van der Waals surface area contributed by atoms with Gasteiger partial charge in [0.15, 0.2) is 0 Å². The standard InChI is InChI=1S/C14H18O2/c1-14(13(15)16)6-9-5-10(14)12-8-3-2-7(4-8)11(9)12/h2-3,7-12H,4-6H2,1H3,(H,15,16). The molecule has 86 valence electrons. The van der Waals surface area contributed by atoms with E-state index in [9.17, 15) is 9.90 Å². The van der Waals surface area contributed by atoms with E-state index in [0.29, 0.717) is 23.7 Å². The zero-order valence-electron chi connectivity index (χ0n) is 9.60. The van der Waals surface area contributed by atoms with Crippen molar-refractivity contribution in [2.45, 2.75) is 26.2 Å². The lowest BCUT2D eigenvalue weighted by atomic mass is 9.63. The van der Waals surface area contributed by atoms with Crippen LogP contribution in [0.3, 0.4) is 0 Å². The van der Waals surface area contributed by atoms with Crippen LogP contribution in [0.15, 0.2) is 12.2 Å². The predicted molar refractivity (Wildman–Crippen MR) is 59.7 cm³/mol. The van der Waals surface area contributed by atoms with Gasteiger partial charge in [0.1, 0.15) is 0 Å². The van der Waals surface area contributed by atoms with Crippen LogP contribution < -0.4 is 0 Å². The third kappa shape index (κ3) is 0.813. The third-order valence-electron chi connectivity index (χ3n) is 6.14. The van der Waals surface area contributed by atoms with E-state index in [1.54, 1.807) is 0 Å². The van der Waals surface area contributed by atoms with Crippen molar-refractivity contribution in [1.29, 1.82) is 0 Å². The van der Waals surface area contributed by atoms with Gasteiger partial charge in [-0.1, -0.05) is 12.2 Å². The van der Waals surface area contributed by atoms with Gasteiger partial charge in [0, 0.05) is 0 Å². The quantitative estimate of drug-likeness (QED) is 0.542. The molecule has 7 atom stereocenters. The van der Waals surface area contributed by atoms with Gasteiger partial charge >= 0.3 is 5.97 Å². The molecule has 4 aliphatic rings. The van der Waals surface area contributed by atoms with E-state index >= 15 is 0 Å². The molecule has 2 nitrogen and oxygen atoms in total. The highest BCUT2D eigenvalue weighted by molar-refractivity contribution is 5.75. The Morgan fingerprint density at radius 3 is 2.62 bits per heavy atom. The van der Waals surface area contributed by atoms with Crippen molar-refractivity contribution in [2.24, 2.45) is 40.9 Å². The lowest BCUT2D eigenvalue weighted by molar-refractivity contribution is -0.153. The molecule has 7 unspecified atom stereocenters. The summed E-state index contributed by atoms with van der Waals surface area (Å²) in [6, 6.07) is 0. The van der Waals surface area contributed by atoms with Crippen molar-refractivity contribution in [1.82, 2.24) is 0 Å². The van der Waals surface area contributed by atoms with Crippen LogP contribution in [0.2, 0.25) is 0 Å². The summed E-state index contributed by atoms with van der Waals surface area (Å²) < 4.78 is 0. The molecule has 0 heterocycles. The number of carboxylic acid groups (broad SMARTS) is 1. The lowest BCUT2D eigenvalue weighted by Crippen LogP contribution is -2.42. The minimum atomic E-state index is -0.551. The van der Waals surface area contributed by atoms with E-state index in [-0.39, 0.29) is 0 Å². The molecule has 3 saturated carbocycles. The molecule has 0 spiro atoms. The average Bonchev–Trinajstić information content (AvgIpc) is 2.92. The Kier molecular flexibility index (Phi) is 1.47. The summed E-state index contributed by atoms with van der Waals surface area (Å²) in [5, 5.41) is 9.47. The lowest BCUT2D eigenvalue weighted by Gasteiger charge is -2.40. The Labute approximate surface area is 95.7 Å². The summed E-state index contributed by atoms with van der Waals surface area (Å²) >= 11 is 0. The van der Waals surface area contributed by atoms with Crippen molar-refractivity contribution in [3.63, 3.8) is 0 Å². The normalized spacial score (nSPS) is 60.6. The first kappa shape index (κ1) is 9.26. The Morgan fingerprint density at radius 2 is 1.94 bits per heavy atom. The smallest absolute Gasteiger partial charge is 0.309 e. The molecule has 4 bridgehead atoms. The molecular weight excluding hydrogens is 200 g/mol. The Bertz CT molecular complexity index is 400. The van der Waals surface area contributed by atoms with E-state index in [2.05, 4.69) is 12.2 Å². The topological polar surface area (TPSA) is 37.3 Å². The maximum atomic E-state index is 11.5. The summed E-state index contributed by atoms with van der Waals surface area (Å²) in [5.41, 5.74) is -0.413. The van der Waals surface area contributed by atoms with Gasteiger partial charge in [-0.05, 0) is 61.7 Å². The Morgan fingerprint density at radius 1 is 1.25 bits per heavy atom. The molecule has 0 saturated heterocycles. The van der Waals surface area contributed by atoms with Gasteiger partial charge in [0.2, 0.25) is 0 Å². The summed E-state index contributed by atoms with van der Waals surface area (Å²) in [4.78, 5) is 11.5.